The van der Waals surface area contributed by atoms with Gasteiger partial charge in [0.2, 0.25) is 0 Å². The minimum absolute atomic E-state index is 0.0596. The molecule has 3 nitrogen and oxygen atoms in total. The molecule has 0 unspecified atom stereocenters. The van der Waals surface area contributed by atoms with Gasteiger partial charge in [-0.3, -0.25) is 10.1 Å². The second-order valence-corrected chi connectivity index (χ2v) is 3.22. The Balaban J connectivity index is 0.000000336. The highest BCUT2D eigenvalue weighted by Gasteiger charge is 2.16. The quantitative estimate of drug-likeness (QED) is 0.424. The lowest BCUT2D eigenvalue weighted by Crippen LogP contribution is -1.85. The Labute approximate surface area is 89.3 Å². The first kappa shape index (κ1) is 14.0. The molecule has 15 heavy (non-hydrogen) atoms. The van der Waals surface area contributed by atoms with Crippen LogP contribution in [0.15, 0.2) is 24.3 Å². The number of hydrogen-bond acceptors (Lipinski definition) is 2. The first-order valence-electron chi connectivity index (χ1n) is 3.22. The van der Waals surface area contributed by atoms with Crippen molar-refractivity contribution >= 4 is 28.9 Å². The Morgan fingerprint density at radius 1 is 1.13 bits per heavy atom. The monoisotopic (exact) mass is 265 g/mol. The SMILES string of the molecule is FS(F)(F)F.O=[N+]([O-])c1ccc(Cl)cc1. The second-order valence-electron chi connectivity index (χ2n) is 2.08. The molecule has 0 radical (unpaired) electrons. The fraction of sp³-hybridized carbons (Fsp3) is 0. The molecule has 86 valence electrons. The maximum absolute atomic E-state index is 10.1. The summed E-state index contributed by atoms with van der Waals surface area (Å²) in [7, 11) is 0. The molecule has 0 saturated carbocycles. The molecule has 0 bridgehead atoms. The zero-order valence-electron chi connectivity index (χ0n) is 6.87. The van der Waals surface area contributed by atoms with Crippen LogP contribution in [0.4, 0.5) is 21.2 Å². The Hall–Kier alpha value is -1.02. The minimum atomic E-state index is -6.17. The van der Waals surface area contributed by atoms with E-state index in [-0.39, 0.29) is 5.69 Å². The third-order valence-electron chi connectivity index (χ3n) is 1.04. The maximum atomic E-state index is 10.1. The van der Waals surface area contributed by atoms with E-state index in [9.17, 15) is 25.7 Å². The molecular weight excluding hydrogens is 262 g/mol. The zero-order chi connectivity index (χ0) is 12.1. The number of nitro groups is 1. The van der Waals surface area contributed by atoms with E-state index in [1.54, 1.807) is 0 Å². The number of benzene rings is 1. The minimum Gasteiger partial charge on any atom is -0.258 e. The predicted molar refractivity (Wildman–Crippen MR) is 50.1 cm³/mol. The van der Waals surface area contributed by atoms with Gasteiger partial charge in [0.05, 0.1) is 4.92 Å². The standard InChI is InChI=1S/C6H4ClNO2.F4S/c7-5-1-3-6(4-2-5)8(9)10;1-5(2,3)4/h1-4H;. The van der Waals surface area contributed by atoms with Crippen molar-refractivity contribution in [3.05, 3.63) is 39.4 Å². The van der Waals surface area contributed by atoms with Gasteiger partial charge in [-0.25, -0.2) is 0 Å². The lowest BCUT2D eigenvalue weighted by atomic mass is 10.3. The molecule has 1 aromatic carbocycles. The molecule has 0 aliphatic heterocycles. The molecule has 0 aromatic heterocycles. The Kier molecular flexibility index (Phi) is 5.37. The van der Waals surface area contributed by atoms with Gasteiger partial charge in [-0.05, 0) is 12.1 Å². The summed E-state index contributed by atoms with van der Waals surface area (Å²) in [6.45, 7) is 0. The zero-order valence-corrected chi connectivity index (χ0v) is 8.44. The van der Waals surface area contributed by atoms with Crippen LogP contribution >= 0.6 is 23.2 Å². The van der Waals surface area contributed by atoms with Crippen LogP contribution in [0.3, 0.4) is 0 Å². The number of non-ortho nitro benzene ring substituents is 1. The average molecular weight is 266 g/mol. The fourth-order valence-electron chi connectivity index (χ4n) is 0.563. The third kappa shape index (κ3) is 9.29. The van der Waals surface area contributed by atoms with Crippen LogP contribution in [0.25, 0.3) is 0 Å². The van der Waals surface area contributed by atoms with Crippen molar-refractivity contribution in [2.75, 3.05) is 0 Å². The van der Waals surface area contributed by atoms with E-state index in [0.717, 1.165) is 0 Å². The van der Waals surface area contributed by atoms with Crippen LogP contribution in [0.1, 0.15) is 0 Å². The van der Waals surface area contributed by atoms with Gasteiger partial charge in [0.1, 0.15) is 0 Å². The van der Waals surface area contributed by atoms with Crippen molar-refractivity contribution in [3.8, 4) is 0 Å². The second kappa shape index (κ2) is 5.76. The lowest BCUT2D eigenvalue weighted by molar-refractivity contribution is -0.384. The number of nitro benzene ring substituents is 1. The van der Waals surface area contributed by atoms with E-state index in [4.69, 9.17) is 11.6 Å². The molecule has 0 saturated heterocycles. The van der Waals surface area contributed by atoms with Crippen LogP contribution < -0.4 is 0 Å². The summed E-state index contributed by atoms with van der Waals surface area (Å²) in [4.78, 5) is 9.61. The number of rotatable bonds is 1. The van der Waals surface area contributed by atoms with Gasteiger partial charge in [-0.15, -0.1) is 0 Å². The van der Waals surface area contributed by atoms with Gasteiger partial charge >= 0.3 is 11.6 Å². The van der Waals surface area contributed by atoms with E-state index in [0.29, 0.717) is 5.02 Å². The molecule has 0 N–H and O–H groups in total. The summed E-state index contributed by atoms with van der Waals surface area (Å²) in [5.74, 6) is 0. The van der Waals surface area contributed by atoms with E-state index in [1.165, 1.54) is 24.3 Å². The summed E-state index contributed by atoms with van der Waals surface area (Å²) in [5, 5.41) is 10.6. The van der Waals surface area contributed by atoms with E-state index in [2.05, 4.69) is 0 Å². The topological polar surface area (TPSA) is 43.1 Å². The fourth-order valence-corrected chi connectivity index (χ4v) is 0.689. The van der Waals surface area contributed by atoms with Crippen molar-refractivity contribution in [2.45, 2.75) is 0 Å². The Morgan fingerprint density at radius 2 is 1.47 bits per heavy atom. The average Bonchev–Trinajstić information content (AvgIpc) is 2.01. The van der Waals surface area contributed by atoms with Crippen LogP contribution in [0, 0.1) is 10.1 Å². The van der Waals surface area contributed by atoms with Crippen molar-refractivity contribution in [3.63, 3.8) is 0 Å². The van der Waals surface area contributed by atoms with Crippen LogP contribution in [0.5, 0.6) is 0 Å². The van der Waals surface area contributed by atoms with E-state index >= 15 is 0 Å². The summed E-state index contributed by atoms with van der Waals surface area (Å²) in [6, 6.07) is 5.70. The molecule has 0 spiro atoms. The first-order valence-corrected chi connectivity index (χ1v) is 4.83. The van der Waals surface area contributed by atoms with Gasteiger partial charge in [0.25, 0.3) is 5.69 Å². The maximum Gasteiger partial charge on any atom is 0.379 e. The molecule has 0 aliphatic carbocycles. The molecule has 0 amide bonds. The summed E-state index contributed by atoms with van der Waals surface area (Å²) < 4.78 is 39.1. The van der Waals surface area contributed by atoms with Crippen LogP contribution in [0.2, 0.25) is 5.02 Å². The van der Waals surface area contributed by atoms with Crippen molar-refractivity contribution in [2.24, 2.45) is 0 Å². The number of halogens is 5. The largest absolute Gasteiger partial charge is 0.379 e. The highest BCUT2D eigenvalue weighted by Crippen LogP contribution is 2.54. The third-order valence-corrected chi connectivity index (χ3v) is 1.29. The van der Waals surface area contributed by atoms with Gasteiger partial charge in [-0.1, -0.05) is 27.1 Å². The summed E-state index contributed by atoms with van der Waals surface area (Å²) in [5.41, 5.74) is 0.0596. The molecule has 0 atom stereocenters. The van der Waals surface area contributed by atoms with E-state index < -0.39 is 16.5 Å². The molecule has 1 aromatic rings. The number of nitrogens with zero attached hydrogens (tertiary/aromatic N) is 1. The number of hydrogen-bond donors (Lipinski definition) is 0. The molecule has 0 heterocycles. The highest BCUT2D eigenvalue weighted by molar-refractivity contribution is 8.16. The lowest BCUT2D eigenvalue weighted by Gasteiger charge is -1.88. The smallest absolute Gasteiger partial charge is 0.258 e. The van der Waals surface area contributed by atoms with Crippen LogP contribution in [-0.4, -0.2) is 4.92 Å². The van der Waals surface area contributed by atoms with E-state index in [1.807, 2.05) is 0 Å². The molecule has 0 aliphatic rings. The van der Waals surface area contributed by atoms with Gasteiger partial charge < -0.3 is 0 Å². The van der Waals surface area contributed by atoms with Crippen molar-refractivity contribution in [1.82, 2.24) is 0 Å². The summed E-state index contributed by atoms with van der Waals surface area (Å²) >= 11 is -0.673. The molecular formula is C6H4ClF4NO2S. The Morgan fingerprint density at radius 3 is 1.73 bits per heavy atom. The van der Waals surface area contributed by atoms with Gasteiger partial charge in [-0.2, -0.15) is 0 Å². The Bertz CT molecular complexity index is 323. The molecule has 1 rings (SSSR count). The molecule has 9 heteroatoms. The normalized spacial score (nSPS) is 11.3. The highest BCUT2D eigenvalue weighted by atomic mass is 35.5. The van der Waals surface area contributed by atoms with Gasteiger partial charge in [0.15, 0.2) is 0 Å². The van der Waals surface area contributed by atoms with Crippen molar-refractivity contribution < 1.29 is 20.5 Å². The first-order chi connectivity index (χ1) is 6.70. The van der Waals surface area contributed by atoms with Crippen molar-refractivity contribution in [1.29, 1.82) is 0 Å². The summed E-state index contributed by atoms with van der Waals surface area (Å²) in [6.07, 6.45) is 0. The molecule has 0 fully saturated rings. The van der Waals surface area contributed by atoms with Gasteiger partial charge in [0, 0.05) is 17.2 Å². The van der Waals surface area contributed by atoms with Crippen LogP contribution in [-0.2, 0) is 0 Å². The predicted octanol–water partition coefficient (Wildman–Crippen LogP) is 4.58.